The Morgan fingerprint density at radius 2 is 1.92 bits per heavy atom. The molecule has 0 aromatic rings. The number of aliphatic imine (C=N–C) groups is 1. The molecule has 0 aromatic carbocycles. The lowest BCUT2D eigenvalue weighted by molar-refractivity contribution is -0.127. The highest BCUT2D eigenvalue weighted by molar-refractivity contribution is 5.84. The molecule has 2 N–H and O–H groups in total. The van der Waals surface area contributed by atoms with E-state index >= 15 is 0 Å². The Kier molecular flexibility index (Phi) is 9.71. The van der Waals surface area contributed by atoms with Gasteiger partial charge in [-0.25, -0.2) is 4.99 Å². The molecule has 1 heterocycles. The minimum atomic E-state index is 0.00110. The Bertz CT molecular complexity index is 392. The third-order valence-electron chi connectivity index (χ3n) is 4.18. The van der Waals surface area contributed by atoms with E-state index in [1.165, 1.54) is 0 Å². The van der Waals surface area contributed by atoms with Gasteiger partial charge in [0.2, 0.25) is 5.91 Å². The molecule has 1 aliphatic rings. The molecule has 7 heteroatoms. The van der Waals surface area contributed by atoms with Crippen LogP contribution >= 0.6 is 0 Å². The molecule has 0 spiro atoms. The predicted molar refractivity (Wildman–Crippen MR) is 98.3 cm³/mol. The lowest BCUT2D eigenvalue weighted by Gasteiger charge is -2.37. The lowest BCUT2D eigenvalue weighted by atomic mass is 10.0. The molecule has 1 amide bonds. The van der Waals surface area contributed by atoms with Gasteiger partial charge in [0.05, 0.1) is 13.2 Å². The number of amides is 1. The van der Waals surface area contributed by atoms with Crippen molar-refractivity contribution < 1.29 is 9.53 Å². The van der Waals surface area contributed by atoms with Crippen LogP contribution in [-0.2, 0) is 9.53 Å². The summed E-state index contributed by atoms with van der Waals surface area (Å²) in [6.07, 6.45) is 1.01. The van der Waals surface area contributed by atoms with Gasteiger partial charge in [-0.3, -0.25) is 9.69 Å². The van der Waals surface area contributed by atoms with E-state index in [9.17, 15) is 4.79 Å². The van der Waals surface area contributed by atoms with Crippen molar-refractivity contribution in [3.63, 3.8) is 0 Å². The number of hydrogen-bond acceptors (Lipinski definition) is 4. The first kappa shape index (κ1) is 20.7. The van der Waals surface area contributed by atoms with E-state index in [1.807, 2.05) is 0 Å². The number of likely N-dealkylation sites (N-methyl/N-ethyl adjacent to an activating group) is 1. The SMILES string of the molecule is CCCNC(=NCC(=O)N(C)C)NCC(C(C)C)N1CCOCC1. The van der Waals surface area contributed by atoms with E-state index < -0.39 is 0 Å². The Hall–Kier alpha value is -1.34. The largest absolute Gasteiger partial charge is 0.379 e. The number of morpholine rings is 1. The molecule has 140 valence electrons. The van der Waals surface area contributed by atoms with Crippen molar-refractivity contribution in [2.75, 3.05) is 60.0 Å². The molecule has 1 rings (SSSR count). The van der Waals surface area contributed by atoms with Gasteiger partial charge in [0.1, 0.15) is 6.54 Å². The monoisotopic (exact) mass is 341 g/mol. The minimum absolute atomic E-state index is 0.00110. The number of nitrogens with zero attached hydrogens (tertiary/aromatic N) is 3. The molecular weight excluding hydrogens is 306 g/mol. The molecule has 1 atom stereocenters. The average Bonchev–Trinajstić information content (AvgIpc) is 2.57. The maximum atomic E-state index is 11.8. The van der Waals surface area contributed by atoms with Crippen molar-refractivity contribution in [2.45, 2.75) is 33.2 Å². The fraction of sp³-hybridized carbons (Fsp3) is 0.882. The van der Waals surface area contributed by atoms with Gasteiger partial charge in [-0.15, -0.1) is 0 Å². The Morgan fingerprint density at radius 3 is 2.46 bits per heavy atom. The van der Waals surface area contributed by atoms with Crippen LogP contribution in [-0.4, -0.2) is 87.7 Å². The highest BCUT2D eigenvalue weighted by Gasteiger charge is 2.23. The van der Waals surface area contributed by atoms with Gasteiger partial charge < -0.3 is 20.3 Å². The van der Waals surface area contributed by atoms with Crippen molar-refractivity contribution in [2.24, 2.45) is 10.9 Å². The molecule has 7 nitrogen and oxygen atoms in total. The molecule has 0 aromatic heterocycles. The normalized spacial score (nSPS) is 17.7. The van der Waals surface area contributed by atoms with Crippen LogP contribution in [0.25, 0.3) is 0 Å². The summed E-state index contributed by atoms with van der Waals surface area (Å²) in [5.41, 5.74) is 0. The van der Waals surface area contributed by atoms with Crippen LogP contribution in [0.5, 0.6) is 0 Å². The number of carbonyl (C=O) groups excluding carboxylic acids is 1. The van der Waals surface area contributed by atoms with Crippen LogP contribution in [0.2, 0.25) is 0 Å². The van der Waals surface area contributed by atoms with Crippen LogP contribution in [0.15, 0.2) is 4.99 Å². The number of hydrogen-bond donors (Lipinski definition) is 2. The molecule has 1 unspecified atom stereocenters. The third-order valence-corrected chi connectivity index (χ3v) is 4.18. The van der Waals surface area contributed by atoms with Gasteiger partial charge in [-0.2, -0.15) is 0 Å². The maximum Gasteiger partial charge on any atom is 0.243 e. The second kappa shape index (κ2) is 11.3. The van der Waals surface area contributed by atoms with Crippen LogP contribution < -0.4 is 10.6 Å². The molecule has 1 aliphatic heterocycles. The Labute approximate surface area is 146 Å². The minimum Gasteiger partial charge on any atom is -0.379 e. The summed E-state index contributed by atoms with van der Waals surface area (Å²) in [5, 5.41) is 6.70. The molecular formula is C17H35N5O2. The van der Waals surface area contributed by atoms with Crippen LogP contribution in [0.3, 0.4) is 0 Å². The van der Waals surface area contributed by atoms with Crippen LogP contribution in [0.4, 0.5) is 0 Å². The van der Waals surface area contributed by atoms with Crippen molar-refractivity contribution in [1.29, 1.82) is 0 Å². The summed E-state index contributed by atoms with van der Waals surface area (Å²) >= 11 is 0. The zero-order valence-corrected chi connectivity index (χ0v) is 16.0. The summed E-state index contributed by atoms with van der Waals surface area (Å²) in [7, 11) is 3.50. The summed E-state index contributed by atoms with van der Waals surface area (Å²) in [5.74, 6) is 1.25. The number of nitrogens with one attached hydrogen (secondary N) is 2. The van der Waals surface area contributed by atoms with Crippen molar-refractivity contribution >= 4 is 11.9 Å². The summed E-state index contributed by atoms with van der Waals surface area (Å²) < 4.78 is 5.46. The number of carbonyl (C=O) groups is 1. The van der Waals surface area contributed by atoms with Crippen LogP contribution in [0.1, 0.15) is 27.2 Å². The van der Waals surface area contributed by atoms with Gasteiger partial charge in [0.15, 0.2) is 5.96 Å². The van der Waals surface area contributed by atoms with E-state index in [1.54, 1.807) is 19.0 Å². The summed E-state index contributed by atoms with van der Waals surface area (Å²) in [6.45, 7) is 12.0. The lowest BCUT2D eigenvalue weighted by Crippen LogP contribution is -2.52. The topological polar surface area (TPSA) is 69.2 Å². The van der Waals surface area contributed by atoms with E-state index in [0.29, 0.717) is 17.9 Å². The fourth-order valence-corrected chi connectivity index (χ4v) is 2.60. The molecule has 1 fully saturated rings. The molecule has 1 saturated heterocycles. The van der Waals surface area contributed by atoms with Crippen molar-refractivity contribution in [1.82, 2.24) is 20.4 Å². The quantitative estimate of drug-likeness (QED) is 0.493. The number of rotatable bonds is 8. The van der Waals surface area contributed by atoms with E-state index in [0.717, 1.165) is 45.8 Å². The summed E-state index contributed by atoms with van der Waals surface area (Å²) in [6, 6.07) is 0.423. The summed E-state index contributed by atoms with van der Waals surface area (Å²) in [4.78, 5) is 20.2. The van der Waals surface area contributed by atoms with Crippen molar-refractivity contribution in [3.05, 3.63) is 0 Å². The second-order valence-corrected chi connectivity index (χ2v) is 6.72. The third kappa shape index (κ3) is 7.49. The van der Waals surface area contributed by atoms with Gasteiger partial charge >= 0.3 is 0 Å². The van der Waals surface area contributed by atoms with E-state index in [-0.39, 0.29) is 12.5 Å². The second-order valence-electron chi connectivity index (χ2n) is 6.72. The van der Waals surface area contributed by atoms with Gasteiger partial charge in [-0.1, -0.05) is 20.8 Å². The molecule has 0 saturated carbocycles. The smallest absolute Gasteiger partial charge is 0.243 e. The number of ether oxygens (including phenoxy) is 1. The van der Waals surface area contributed by atoms with Gasteiger partial charge in [0.25, 0.3) is 0 Å². The number of guanidine groups is 1. The molecule has 0 bridgehead atoms. The molecule has 0 radical (unpaired) electrons. The molecule has 0 aliphatic carbocycles. The van der Waals surface area contributed by atoms with E-state index in [2.05, 4.69) is 41.3 Å². The van der Waals surface area contributed by atoms with Gasteiger partial charge in [0, 0.05) is 46.3 Å². The van der Waals surface area contributed by atoms with Crippen LogP contribution in [0, 0.1) is 5.92 Å². The first-order valence-corrected chi connectivity index (χ1v) is 8.99. The Balaban J connectivity index is 2.62. The van der Waals surface area contributed by atoms with E-state index in [4.69, 9.17) is 4.74 Å². The van der Waals surface area contributed by atoms with Crippen molar-refractivity contribution in [3.8, 4) is 0 Å². The zero-order chi connectivity index (χ0) is 17.9. The van der Waals surface area contributed by atoms with Gasteiger partial charge in [-0.05, 0) is 12.3 Å². The predicted octanol–water partition coefficient (Wildman–Crippen LogP) is 0.377. The highest BCUT2D eigenvalue weighted by Crippen LogP contribution is 2.12. The average molecular weight is 342 g/mol. The highest BCUT2D eigenvalue weighted by atomic mass is 16.5. The Morgan fingerprint density at radius 1 is 1.25 bits per heavy atom. The zero-order valence-electron chi connectivity index (χ0n) is 16.0. The first-order chi connectivity index (χ1) is 11.5. The standard InChI is InChI=1S/C17H35N5O2/c1-6-7-18-17(20-13-16(23)21(4)5)19-12-15(14(2)3)22-8-10-24-11-9-22/h14-15H,6-13H2,1-5H3,(H2,18,19,20). The first-order valence-electron chi connectivity index (χ1n) is 8.99. The maximum absolute atomic E-state index is 11.8. The fourth-order valence-electron chi connectivity index (χ4n) is 2.60. The molecule has 24 heavy (non-hydrogen) atoms.